The lowest BCUT2D eigenvalue weighted by molar-refractivity contribution is 0.496. The number of hydrogen-bond donors (Lipinski definition) is 3. The van der Waals surface area contributed by atoms with Gasteiger partial charge in [0.2, 0.25) is 0 Å². The van der Waals surface area contributed by atoms with E-state index in [9.17, 15) is 18.4 Å². The van der Waals surface area contributed by atoms with Crippen molar-refractivity contribution >= 4 is 28.3 Å². The maximum Gasteiger partial charge on any atom is 0.169 e. The molecule has 0 saturated heterocycles. The first-order valence-corrected chi connectivity index (χ1v) is 9.37. The molecule has 4 aromatic rings. The summed E-state index contributed by atoms with van der Waals surface area (Å²) in [4.78, 5) is 2.65. The molecular formula is C21H15ClF3N5. The Labute approximate surface area is 174 Å². The molecule has 0 spiro atoms. The highest BCUT2D eigenvalue weighted by atomic mass is 35.5. The minimum atomic E-state index is -1.22. The summed E-state index contributed by atoms with van der Waals surface area (Å²) < 4.78 is 42.6. The molecule has 0 saturated carbocycles. The highest BCUT2D eigenvalue weighted by Gasteiger charge is 2.21. The van der Waals surface area contributed by atoms with E-state index in [0.717, 1.165) is 5.56 Å². The zero-order valence-electron chi connectivity index (χ0n) is 15.7. The van der Waals surface area contributed by atoms with Crippen LogP contribution in [0.4, 0.5) is 19.0 Å². The number of nitrogens with one attached hydrogen (secondary N) is 3. The Morgan fingerprint density at radius 1 is 1.20 bits per heavy atom. The molecular weight excluding hydrogens is 415 g/mol. The Morgan fingerprint density at radius 2 is 2.00 bits per heavy atom. The van der Waals surface area contributed by atoms with Crippen LogP contribution in [0.3, 0.4) is 0 Å². The Kier molecular flexibility index (Phi) is 5.14. The largest absolute Gasteiger partial charge is 0.363 e. The van der Waals surface area contributed by atoms with Gasteiger partial charge < -0.3 is 10.3 Å². The average Bonchev–Trinajstić information content (AvgIpc) is 3.33. The summed E-state index contributed by atoms with van der Waals surface area (Å²) >= 11 is 6.00. The van der Waals surface area contributed by atoms with Crippen LogP contribution in [-0.4, -0.2) is 15.2 Å². The molecule has 2 heterocycles. The van der Waals surface area contributed by atoms with Gasteiger partial charge in [0, 0.05) is 35.1 Å². The lowest BCUT2D eigenvalue weighted by Gasteiger charge is -2.06. The van der Waals surface area contributed by atoms with Gasteiger partial charge in [-0.25, -0.2) is 13.2 Å². The predicted octanol–water partition coefficient (Wildman–Crippen LogP) is 5.34. The number of aromatic amines is 2. The Bertz CT molecular complexity index is 1300. The normalized spacial score (nSPS) is 11.1. The molecule has 0 atom stereocenters. The minimum absolute atomic E-state index is 0.00893. The zero-order chi connectivity index (χ0) is 21.4. The minimum Gasteiger partial charge on any atom is -0.363 e. The molecule has 3 N–H and O–H groups in total. The lowest BCUT2D eigenvalue weighted by atomic mass is 10.1. The third-order valence-corrected chi connectivity index (χ3v) is 5.16. The monoisotopic (exact) mass is 429 g/mol. The zero-order valence-corrected chi connectivity index (χ0v) is 16.5. The van der Waals surface area contributed by atoms with Gasteiger partial charge in [-0.15, -0.1) is 0 Å². The second kappa shape index (κ2) is 7.76. The summed E-state index contributed by atoms with van der Waals surface area (Å²) in [6.07, 6.45) is 1.81. The molecule has 9 heteroatoms. The SMILES string of the molecule is Cc1c(F)c(F)c2c(CNc3n[nH]c(Cc4cccc(Cl)c4)c3C#N)c[nH]c2c1F. The number of anilines is 1. The van der Waals surface area contributed by atoms with Crippen molar-refractivity contribution in [2.45, 2.75) is 19.9 Å². The van der Waals surface area contributed by atoms with Gasteiger partial charge in [-0.2, -0.15) is 10.4 Å². The molecule has 0 aliphatic heterocycles. The summed E-state index contributed by atoms with van der Waals surface area (Å²) in [5, 5.41) is 19.8. The number of rotatable bonds is 5. The summed E-state index contributed by atoms with van der Waals surface area (Å²) in [6, 6.07) is 9.32. The lowest BCUT2D eigenvalue weighted by Crippen LogP contribution is -2.03. The molecule has 2 aromatic heterocycles. The van der Waals surface area contributed by atoms with Crippen molar-refractivity contribution in [1.29, 1.82) is 5.26 Å². The topological polar surface area (TPSA) is 80.3 Å². The summed E-state index contributed by atoms with van der Waals surface area (Å²) in [5.41, 5.74) is 1.60. The van der Waals surface area contributed by atoms with Gasteiger partial charge >= 0.3 is 0 Å². The molecule has 0 bridgehead atoms. The van der Waals surface area contributed by atoms with Crippen LogP contribution in [-0.2, 0) is 13.0 Å². The molecule has 0 radical (unpaired) electrons. The summed E-state index contributed by atoms with van der Waals surface area (Å²) in [5.74, 6) is -2.91. The second-order valence-electron chi connectivity index (χ2n) is 6.83. The van der Waals surface area contributed by atoms with E-state index in [4.69, 9.17) is 11.6 Å². The summed E-state index contributed by atoms with van der Waals surface area (Å²) in [6.45, 7) is 1.19. The Hall–Kier alpha value is -3.44. The van der Waals surface area contributed by atoms with Crippen molar-refractivity contribution in [3.05, 3.63) is 80.9 Å². The number of hydrogen-bond acceptors (Lipinski definition) is 3. The van der Waals surface area contributed by atoms with Gasteiger partial charge in [-0.3, -0.25) is 5.10 Å². The fourth-order valence-electron chi connectivity index (χ4n) is 3.37. The molecule has 0 aliphatic rings. The number of nitrogens with zero attached hydrogens (tertiary/aromatic N) is 2. The van der Waals surface area contributed by atoms with Crippen molar-refractivity contribution in [3.63, 3.8) is 0 Å². The first-order valence-electron chi connectivity index (χ1n) is 8.99. The van der Waals surface area contributed by atoms with Crippen LogP contribution >= 0.6 is 11.6 Å². The number of benzene rings is 2. The van der Waals surface area contributed by atoms with E-state index in [-0.39, 0.29) is 28.8 Å². The van der Waals surface area contributed by atoms with Crippen LogP contribution in [0.2, 0.25) is 5.02 Å². The van der Waals surface area contributed by atoms with Crippen molar-refractivity contribution in [2.75, 3.05) is 5.32 Å². The van der Waals surface area contributed by atoms with Crippen molar-refractivity contribution in [2.24, 2.45) is 0 Å². The van der Waals surface area contributed by atoms with Crippen LogP contribution < -0.4 is 5.32 Å². The van der Waals surface area contributed by atoms with Gasteiger partial charge in [0.05, 0.1) is 11.2 Å². The van der Waals surface area contributed by atoms with E-state index in [0.29, 0.717) is 28.3 Å². The third kappa shape index (κ3) is 3.37. The number of aromatic nitrogens is 3. The van der Waals surface area contributed by atoms with Crippen LogP contribution in [0, 0.1) is 35.7 Å². The average molecular weight is 430 g/mol. The van der Waals surface area contributed by atoms with Crippen LogP contribution in [0.5, 0.6) is 0 Å². The van der Waals surface area contributed by atoms with Gasteiger partial charge in [0.25, 0.3) is 0 Å². The van der Waals surface area contributed by atoms with Gasteiger partial charge in [0.1, 0.15) is 11.6 Å². The molecule has 0 fully saturated rings. The number of fused-ring (bicyclic) bond motifs is 1. The van der Waals surface area contributed by atoms with E-state index in [1.165, 1.54) is 13.1 Å². The molecule has 152 valence electrons. The predicted molar refractivity (Wildman–Crippen MR) is 108 cm³/mol. The smallest absolute Gasteiger partial charge is 0.169 e. The highest BCUT2D eigenvalue weighted by molar-refractivity contribution is 6.30. The Balaban J connectivity index is 1.61. The van der Waals surface area contributed by atoms with Crippen LogP contribution in [0.1, 0.15) is 27.9 Å². The first-order chi connectivity index (χ1) is 14.4. The number of H-pyrrole nitrogens is 2. The van der Waals surface area contributed by atoms with E-state index in [2.05, 4.69) is 26.6 Å². The van der Waals surface area contributed by atoms with Crippen molar-refractivity contribution in [3.8, 4) is 6.07 Å². The first kappa shape index (κ1) is 19.9. The fraction of sp³-hybridized carbons (Fsp3) is 0.143. The molecule has 0 aliphatic carbocycles. The molecule has 4 rings (SSSR count). The molecule has 0 unspecified atom stereocenters. The van der Waals surface area contributed by atoms with Crippen molar-refractivity contribution in [1.82, 2.24) is 15.2 Å². The number of halogens is 4. The van der Waals surface area contributed by atoms with Gasteiger partial charge in [-0.1, -0.05) is 23.7 Å². The fourth-order valence-corrected chi connectivity index (χ4v) is 3.58. The van der Waals surface area contributed by atoms with E-state index in [1.54, 1.807) is 12.1 Å². The van der Waals surface area contributed by atoms with Gasteiger partial charge in [0.15, 0.2) is 23.3 Å². The van der Waals surface area contributed by atoms with E-state index < -0.39 is 17.5 Å². The van der Waals surface area contributed by atoms with E-state index >= 15 is 0 Å². The van der Waals surface area contributed by atoms with Gasteiger partial charge in [-0.05, 0) is 30.2 Å². The number of nitriles is 1. The van der Waals surface area contributed by atoms with Crippen molar-refractivity contribution < 1.29 is 13.2 Å². The molecule has 2 aromatic carbocycles. The summed E-state index contributed by atoms with van der Waals surface area (Å²) in [7, 11) is 0. The maximum absolute atomic E-state index is 14.4. The second-order valence-corrected chi connectivity index (χ2v) is 7.27. The molecule has 5 nitrogen and oxygen atoms in total. The third-order valence-electron chi connectivity index (χ3n) is 4.92. The Morgan fingerprint density at radius 3 is 2.73 bits per heavy atom. The standard InChI is InChI=1S/C21H15ClF3N5/c1-10-17(23)19(25)16-12(8-27-20(16)18(10)24)9-28-21-14(7-26)15(29-30-21)6-11-3-2-4-13(22)5-11/h2-5,8,27H,6,9H2,1H3,(H2,28,29,30). The van der Waals surface area contributed by atoms with Crippen LogP contribution in [0.25, 0.3) is 10.9 Å². The maximum atomic E-state index is 14.4. The molecule has 30 heavy (non-hydrogen) atoms. The van der Waals surface area contributed by atoms with Crippen LogP contribution in [0.15, 0.2) is 30.5 Å². The quantitative estimate of drug-likeness (QED) is 0.374. The highest BCUT2D eigenvalue weighted by Crippen LogP contribution is 2.30. The van der Waals surface area contributed by atoms with E-state index in [1.807, 2.05) is 12.1 Å². The molecule has 0 amide bonds.